The Bertz CT molecular complexity index is 1690. The molecule has 4 heterocycles. The minimum atomic E-state index is -0.981. The Labute approximate surface area is 192 Å². The second-order valence-electron chi connectivity index (χ2n) is 9.15. The molecule has 5 aromatic rings. The number of rotatable bonds is 1. The Hall–Kier alpha value is -3.72. The van der Waals surface area contributed by atoms with Crippen molar-refractivity contribution < 1.29 is 24.5 Å². The zero-order chi connectivity index (χ0) is 23.3. The molecule has 0 bridgehead atoms. The number of carbonyl (C=O) groups excluding carboxylic acids is 2. The van der Waals surface area contributed by atoms with Crippen LogP contribution in [0.3, 0.4) is 0 Å². The van der Waals surface area contributed by atoms with Crippen LogP contribution >= 0.6 is 0 Å². The SMILES string of the molecule is CC1OC(n2c3ccccc3c3c4c(c5c6ccccc6[nH]c5c32)C(=O)NC4=O)CC(O)C1O. The normalized spacial score (nSPS) is 25.0. The minimum Gasteiger partial charge on any atom is -0.390 e. The van der Waals surface area contributed by atoms with Crippen LogP contribution in [-0.2, 0) is 4.74 Å². The van der Waals surface area contributed by atoms with Crippen LogP contribution in [0.1, 0.15) is 40.3 Å². The van der Waals surface area contributed by atoms with Gasteiger partial charge in [-0.15, -0.1) is 0 Å². The van der Waals surface area contributed by atoms with E-state index in [2.05, 4.69) is 10.3 Å². The van der Waals surface area contributed by atoms with E-state index in [1.165, 1.54) is 0 Å². The van der Waals surface area contributed by atoms with Crippen molar-refractivity contribution >= 4 is 55.4 Å². The Morgan fingerprint density at radius 1 is 0.941 bits per heavy atom. The highest BCUT2D eigenvalue weighted by molar-refractivity contribution is 6.39. The van der Waals surface area contributed by atoms with Crippen LogP contribution in [0.2, 0.25) is 0 Å². The lowest BCUT2D eigenvalue weighted by atomic mass is 9.96. The molecule has 170 valence electrons. The maximum absolute atomic E-state index is 13.1. The summed E-state index contributed by atoms with van der Waals surface area (Å²) >= 11 is 0. The molecule has 1 saturated heterocycles. The predicted molar refractivity (Wildman–Crippen MR) is 127 cm³/mol. The number of aromatic amines is 1. The second-order valence-corrected chi connectivity index (χ2v) is 9.15. The molecular formula is C26H21N3O5. The Morgan fingerprint density at radius 2 is 1.62 bits per heavy atom. The van der Waals surface area contributed by atoms with Crippen LogP contribution in [0.25, 0.3) is 43.6 Å². The monoisotopic (exact) mass is 455 g/mol. The fraction of sp³-hybridized carbons (Fsp3) is 0.231. The number of hydrogen-bond acceptors (Lipinski definition) is 5. The Balaban J connectivity index is 1.72. The summed E-state index contributed by atoms with van der Waals surface area (Å²) in [7, 11) is 0. The number of ether oxygens (including phenoxy) is 1. The van der Waals surface area contributed by atoms with Gasteiger partial charge in [0.05, 0.1) is 39.9 Å². The van der Waals surface area contributed by atoms with E-state index in [9.17, 15) is 19.8 Å². The Morgan fingerprint density at radius 3 is 2.38 bits per heavy atom. The fourth-order valence-corrected chi connectivity index (χ4v) is 5.78. The minimum absolute atomic E-state index is 0.184. The number of aromatic nitrogens is 2. The molecule has 0 radical (unpaired) electrons. The number of fused-ring (bicyclic) bond motifs is 10. The number of carbonyl (C=O) groups is 2. The van der Waals surface area contributed by atoms with Gasteiger partial charge in [-0.25, -0.2) is 0 Å². The van der Waals surface area contributed by atoms with Crippen molar-refractivity contribution in [3.05, 3.63) is 59.7 Å². The van der Waals surface area contributed by atoms with Gasteiger partial charge >= 0.3 is 0 Å². The van der Waals surface area contributed by atoms with Gasteiger partial charge in [0.1, 0.15) is 12.3 Å². The van der Waals surface area contributed by atoms with E-state index in [1.807, 2.05) is 53.1 Å². The summed E-state index contributed by atoms with van der Waals surface area (Å²) in [6, 6.07) is 15.4. The third-order valence-corrected chi connectivity index (χ3v) is 7.26. The number of amides is 2. The number of hydrogen-bond donors (Lipinski definition) is 4. The molecule has 7 rings (SSSR count). The number of imide groups is 1. The molecule has 0 aliphatic carbocycles. The number of para-hydroxylation sites is 2. The van der Waals surface area contributed by atoms with Crippen LogP contribution in [0.5, 0.6) is 0 Å². The first kappa shape index (κ1) is 19.7. The third kappa shape index (κ3) is 2.37. The van der Waals surface area contributed by atoms with Crippen molar-refractivity contribution in [3.8, 4) is 0 Å². The van der Waals surface area contributed by atoms with E-state index in [-0.39, 0.29) is 6.42 Å². The number of nitrogens with zero attached hydrogens (tertiary/aromatic N) is 1. The van der Waals surface area contributed by atoms with Gasteiger partial charge in [0.25, 0.3) is 11.8 Å². The maximum atomic E-state index is 13.1. The van der Waals surface area contributed by atoms with Crippen LogP contribution in [-0.4, -0.2) is 49.9 Å². The van der Waals surface area contributed by atoms with Crippen molar-refractivity contribution in [3.63, 3.8) is 0 Å². The molecule has 2 aliphatic heterocycles. The smallest absolute Gasteiger partial charge is 0.259 e. The molecule has 4 N–H and O–H groups in total. The first-order chi connectivity index (χ1) is 16.5. The van der Waals surface area contributed by atoms with Crippen molar-refractivity contribution in [1.29, 1.82) is 0 Å². The number of aliphatic hydroxyl groups excluding tert-OH is 2. The zero-order valence-electron chi connectivity index (χ0n) is 18.2. The molecule has 0 saturated carbocycles. The largest absolute Gasteiger partial charge is 0.390 e. The van der Waals surface area contributed by atoms with Gasteiger partial charge in [0, 0.05) is 33.5 Å². The van der Waals surface area contributed by atoms with Gasteiger partial charge in [0.2, 0.25) is 0 Å². The van der Waals surface area contributed by atoms with Gasteiger partial charge in [-0.2, -0.15) is 0 Å². The molecule has 1 fully saturated rings. The quantitative estimate of drug-likeness (QED) is 0.289. The molecule has 2 amide bonds. The van der Waals surface area contributed by atoms with Gasteiger partial charge < -0.3 is 24.5 Å². The highest BCUT2D eigenvalue weighted by atomic mass is 16.5. The van der Waals surface area contributed by atoms with E-state index >= 15 is 0 Å². The highest BCUT2D eigenvalue weighted by Crippen LogP contribution is 2.45. The number of benzene rings is 3. The first-order valence-corrected chi connectivity index (χ1v) is 11.3. The molecule has 34 heavy (non-hydrogen) atoms. The lowest BCUT2D eigenvalue weighted by Crippen LogP contribution is -2.45. The fourth-order valence-electron chi connectivity index (χ4n) is 5.78. The first-order valence-electron chi connectivity index (χ1n) is 11.3. The van der Waals surface area contributed by atoms with Gasteiger partial charge in [-0.05, 0) is 19.1 Å². The summed E-state index contributed by atoms with van der Waals surface area (Å²) in [5, 5.41) is 26.3. The number of nitrogens with one attached hydrogen (secondary N) is 2. The summed E-state index contributed by atoms with van der Waals surface area (Å²) in [6.07, 6.45) is -2.91. The van der Waals surface area contributed by atoms with Gasteiger partial charge in [-0.1, -0.05) is 36.4 Å². The van der Waals surface area contributed by atoms with Crippen molar-refractivity contribution in [2.45, 2.75) is 37.9 Å². The second kappa shape index (κ2) is 6.66. The Kier molecular flexibility index (Phi) is 3.87. The molecule has 0 spiro atoms. The zero-order valence-corrected chi connectivity index (χ0v) is 18.2. The summed E-state index contributed by atoms with van der Waals surface area (Å²) < 4.78 is 8.18. The summed E-state index contributed by atoms with van der Waals surface area (Å²) in [6.45, 7) is 1.73. The summed E-state index contributed by atoms with van der Waals surface area (Å²) in [4.78, 5) is 29.6. The van der Waals surface area contributed by atoms with Crippen molar-refractivity contribution in [1.82, 2.24) is 14.9 Å². The van der Waals surface area contributed by atoms with E-state index in [0.717, 1.165) is 32.8 Å². The average molecular weight is 455 g/mol. The maximum Gasteiger partial charge on any atom is 0.259 e. The molecule has 8 heteroatoms. The molecule has 3 aromatic carbocycles. The van der Waals surface area contributed by atoms with E-state index in [4.69, 9.17) is 4.74 Å². The van der Waals surface area contributed by atoms with Crippen LogP contribution in [0, 0.1) is 0 Å². The van der Waals surface area contributed by atoms with E-state index in [0.29, 0.717) is 21.9 Å². The van der Waals surface area contributed by atoms with Gasteiger partial charge in [-0.3, -0.25) is 14.9 Å². The standard InChI is InChI=1S/C26H21N3O5/c1-11-24(31)16(30)10-17(34-11)29-15-9-5-3-7-13(15)19-21-20(25(32)28-26(21)33)18-12-6-2-4-8-14(12)27-22(18)23(19)29/h2-9,11,16-17,24,27,30-31H,10H2,1H3,(H,28,32,33). The van der Waals surface area contributed by atoms with Crippen LogP contribution < -0.4 is 5.32 Å². The number of aliphatic hydroxyl groups is 2. The van der Waals surface area contributed by atoms with E-state index in [1.54, 1.807) is 6.92 Å². The third-order valence-electron chi connectivity index (χ3n) is 7.26. The predicted octanol–water partition coefficient (Wildman–Crippen LogP) is 3.34. The van der Waals surface area contributed by atoms with Crippen molar-refractivity contribution in [2.24, 2.45) is 0 Å². The number of H-pyrrole nitrogens is 1. The van der Waals surface area contributed by atoms with Crippen LogP contribution in [0.15, 0.2) is 48.5 Å². The lowest BCUT2D eigenvalue weighted by Gasteiger charge is -2.36. The average Bonchev–Trinajstić information content (AvgIpc) is 3.46. The van der Waals surface area contributed by atoms with E-state index < -0.39 is 36.4 Å². The topological polar surface area (TPSA) is 117 Å². The lowest BCUT2D eigenvalue weighted by molar-refractivity contribution is -0.182. The van der Waals surface area contributed by atoms with Crippen LogP contribution in [0.4, 0.5) is 0 Å². The molecular weight excluding hydrogens is 434 g/mol. The molecule has 4 atom stereocenters. The van der Waals surface area contributed by atoms with Gasteiger partial charge in [0.15, 0.2) is 0 Å². The molecule has 8 nitrogen and oxygen atoms in total. The van der Waals surface area contributed by atoms with Crippen molar-refractivity contribution in [2.75, 3.05) is 0 Å². The molecule has 2 aliphatic rings. The summed E-state index contributed by atoms with van der Waals surface area (Å²) in [5.74, 6) is -0.831. The summed E-state index contributed by atoms with van der Waals surface area (Å²) in [5.41, 5.74) is 3.87. The highest BCUT2D eigenvalue weighted by Gasteiger charge is 2.39. The molecule has 4 unspecified atom stereocenters. The molecule has 2 aromatic heterocycles.